The van der Waals surface area contributed by atoms with Gasteiger partial charge in [0, 0.05) is 39.3 Å². The minimum absolute atomic E-state index is 0.100. The highest BCUT2D eigenvalue weighted by molar-refractivity contribution is 7.13. The Morgan fingerprint density at radius 1 is 0.923 bits per heavy atom. The van der Waals surface area contributed by atoms with Gasteiger partial charge >= 0.3 is 0 Å². The molecule has 0 spiro atoms. The molecule has 0 radical (unpaired) electrons. The molecule has 4 rings (SSSR count). The van der Waals surface area contributed by atoms with Crippen molar-refractivity contribution in [2.24, 2.45) is 0 Å². The van der Waals surface area contributed by atoms with Gasteiger partial charge in [-0.25, -0.2) is 4.98 Å². The van der Waals surface area contributed by atoms with Crippen LogP contribution in [0, 0.1) is 13.8 Å². The molecule has 0 atom stereocenters. The van der Waals surface area contributed by atoms with Gasteiger partial charge in [0.25, 0.3) is 5.91 Å². The van der Waals surface area contributed by atoms with Crippen LogP contribution in [0.25, 0.3) is 0 Å². The zero-order chi connectivity index (χ0) is 18.1. The monoisotopic (exact) mass is 372 g/mol. The molecule has 0 N–H and O–H groups in total. The molecule has 0 aromatic carbocycles. The van der Waals surface area contributed by atoms with E-state index in [1.165, 1.54) is 24.2 Å². The van der Waals surface area contributed by atoms with Crippen LogP contribution < -0.4 is 9.80 Å². The van der Waals surface area contributed by atoms with Gasteiger partial charge in [-0.2, -0.15) is 0 Å². The van der Waals surface area contributed by atoms with Gasteiger partial charge in [-0.05, 0) is 38.8 Å². The predicted molar refractivity (Wildman–Crippen MR) is 103 cm³/mol. The molecule has 0 saturated carbocycles. The lowest BCUT2D eigenvalue weighted by atomic mass is 10.2. The first-order chi connectivity index (χ1) is 12.6. The third-order valence-electron chi connectivity index (χ3n) is 5.06. The van der Waals surface area contributed by atoms with E-state index in [0.29, 0.717) is 13.1 Å². The van der Waals surface area contributed by atoms with Crippen molar-refractivity contribution >= 4 is 28.9 Å². The number of anilines is 2. The van der Waals surface area contributed by atoms with Crippen LogP contribution in [0.15, 0.2) is 12.1 Å². The number of hydrogen-bond acceptors (Lipinski definition) is 7. The molecule has 2 aliphatic rings. The Bertz CT molecular complexity index is 775. The maximum Gasteiger partial charge on any atom is 0.265 e. The van der Waals surface area contributed by atoms with Crippen LogP contribution in [-0.2, 0) is 0 Å². The maximum absolute atomic E-state index is 12.7. The number of piperazine rings is 1. The summed E-state index contributed by atoms with van der Waals surface area (Å²) in [7, 11) is 0. The number of hydrogen-bond donors (Lipinski definition) is 0. The number of carbonyl (C=O) groups excluding carboxylic acids is 1. The quantitative estimate of drug-likeness (QED) is 0.822. The number of aromatic nitrogens is 3. The molecule has 2 fully saturated rings. The highest BCUT2D eigenvalue weighted by atomic mass is 32.1. The number of nitrogens with zero attached hydrogens (tertiary/aromatic N) is 6. The molecule has 2 aromatic rings. The number of thiazole rings is 1. The van der Waals surface area contributed by atoms with Crippen molar-refractivity contribution in [2.45, 2.75) is 26.7 Å². The molecule has 138 valence electrons. The van der Waals surface area contributed by atoms with Crippen LogP contribution >= 0.6 is 11.3 Å². The summed E-state index contributed by atoms with van der Waals surface area (Å²) in [5.74, 6) is 1.96. The van der Waals surface area contributed by atoms with Gasteiger partial charge in [-0.15, -0.1) is 21.5 Å². The van der Waals surface area contributed by atoms with E-state index in [2.05, 4.69) is 37.1 Å². The number of carbonyl (C=O) groups is 1. The van der Waals surface area contributed by atoms with E-state index in [0.717, 1.165) is 53.4 Å². The first-order valence-electron chi connectivity index (χ1n) is 9.19. The van der Waals surface area contributed by atoms with E-state index in [9.17, 15) is 4.79 Å². The summed E-state index contributed by atoms with van der Waals surface area (Å²) in [6, 6.07) is 4.11. The largest absolute Gasteiger partial charge is 0.355 e. The van der Waals surface area contributed by atoms with Gasteiger partial charge in [0.05, 0.1) is 10.7 Å². The van der Waals surface area contributed by atoms with E-state index >= 15 is 0 Å². The second-order valence-corrected chi connectivity index (χ2v) is 8.07. The number of amides is 1. The van der Waals surface area contributed by atoms with Crippen molar-refractivity contribution in [3.8, 4) is 0 Å². The lowest BCUT2D eigenvalue weighted by Crippen LogP contribution is -2.49. The van der Waals surface area contributed by atoms with Crippen molar-refractivity contribution in [1.82, 2.24) is 20.1 Å². The molecule has 2 aliphatic heterocycles. The zero-order valence-electron chi connectivity index (χ0n) is 15.3. The maximum atomic E-state index is 12.7. The second kappa shape index (κ2) is 7.19. The fourth-order valence-electron chi connectivity index (χ4n) is 3.61. The Morgan fingerprint density at radius 2 is 1.50 bits per heavy atom. The van der Waals surface area contributed by atoms with Gasteiger partial charge < -0.3 is 14.7 Å². The van der Waals surface area contributed by atoms with E-state index in [1.807, 2.05) is 18.7 Å². The molecule has 4 heterocycles. The fourth-order valence-corrected chi connectivity index (χ4v) is 4.50. The van der Waals surface area contributed by atoms with Gasteiger partial charge in [0.1, 0.15) is 4.88 Å². The lowest BCUT2D eigenvalue weighted by molar-refractivity contribution is 0.0750. The Morgan fingerprint density at radius 3 is 2.00 bits per heavy atom. The Kier molecular flexibility index (Phi) is 4.76. The van der Waals surface area contributed by atoms with Crippen LogP contribution in [0.3, 0.4) is 0 Å². The average molecular weight is 372 g/mol. The fraction of sp³-hybridized carbons (Fsp3) is 0.556. The summed E-state index contributed by atoms with van der Waals surface area (Å²) >= 11 is 1.48. The van der Waals surface area contributed by atoms with E-state index in [1.54, 1.807) is 0 Å². The average Bonchev–Trinajstić information content (AvgIpc) is 3.31. The normalized spacial score (nSPS) is 17.8. The van der Waals surface area contributed by atoms with Crippen molar-refractivity contribution in [1.29, 1.82) is 0 Å². The molecule has 2 saturated heterocycles. The summed E-state index contributed by atoms with van der Waals surface area (Å²) in [6.45, 7) is 8.95. The van der Waals surface area contributed by atoms with Gasteiger partial charge in [-0.1, -0.05) is 0 Å². The summed E-state index contributed by atoms with van der Waals surface area (Å²) in [4.78, 5) is 24.3. The highest BCUT2D eigenvalue weighted by Crippen LogP contribution is 2.22. The SMILES string of the molecule is Cc1nc(C)c(C(=O)N2CCN(c3ccc(N4CCCC4)nn3)CC2)s1. The Labute approximate surface area is 157 Å². The molecule has 26 heavy (non-hydrogen) atoms. The minimum Gasteiger partial charge on any atom is -0.355 e. The molecule has 1 amide bonds. The number of aryl methyl sites for hydroxylation is 2. The van der Waals surface area contributed by atoms with E-state index < -0.39 is 0 Å². The highest BCUT2D eigenvalue weighted by Gasteiger charge is 2.26. The molecule has 2 aromatic heterocycles. The van der Waals surface area contributed by atoms with Gasteiger partial charge in [-0.3, -0.25) is 4.79 Å². The summed E-state index contributed by atoms with van der Waals surface area (Å²) in [5.41, 5.74) is 0.836. The number of rotatable bonds is 3. The smallest absolute Gasteiger partial charge is 0.265 e. The van der Waals surface area contributed by atoms with Crippen LogP contribution in [0.1, 0.15) is 33.2 Å². The molecule has 0 aliphatic carbocycles. The first kappa shape index (κ1) is 17.2. The van der Waals surface area contributed by atoms with E-state index in [4.69, 9.17) is 0 Å². The van der Waals surface area contributed by atoms with Crippen molar-refractivity contribution in [3.63, 3.8) is 0 Å². The minimum atomic E-state index is 0.100. The van der Waals surface area contributed by atoms with Crippen molar-refractivity contribution in [2.75, 3.05) is 49.1 Å². The van der Waals surface area contributed by atoms with Crippen LogP contribution in [0.2, 0.25) is 0 Å². The third kappa shape index (κ3) is 3.38. The Balaban J connectivity index is 1.37. The molecule has 0 bridgehead atoms. The van der Waals surface area contributed by atoms with Gasteiger partial charge in [0.2, 0.25) is 0 Å². The molecule has 8 heteroatoms. The first-order valence-corrected chi connectivity index (χ1v) is 10.0. The summed E-state index contributed by atoms with van der Waals surface area (Å²) in [5, 5.41) is 9.76. The van der Waals surface area contributed by atoms with E-state index in [-0.39, 0.29) is 5.91 Å². The molecule has 0 unspecified atom stereocenters. The topological polar surface area (TPSA) is 65.5 Å². The summed E-state index contributed by atoms with van der Waals surface area (Å²) in [6.07, 6.45) is 2.47. The zero-order valence-corrected chi connectivity index (χ0v) is 16.1. The third-order valence-corrected chi connectivity index (χ3v) is 6.12. The van der Waals surface area contributed by atoms with Crippen LogP contribution in [0.5, 0.6) is 0 Å². The predicted octanol–water partition coefficient (Wildman–Crippen LogP) is 2.11. The van der Waals surface area contributed by atoms with Crippen molar-refractivity contribution in [3.05, 3.63) is 27.7 Å². The lowest BCUT2D eigenvalue weighted by Gasteiger charge is -2.35. The standard InChI is InChI=1S/C18H24N6OS/c1-13-17(26-14(2)19-13)18(25)24-11-9-23(10-12-24)16-6-5-15(20-21-16)22-7-3-4-8-22/h5-6H,3-4,7-12H2,1-2H3. The molecular weight excluding hydrogens is 348 g/mol. The second-order valence-electron chi connectivity index (χ2n) is 6.87. The summed E-state index contributed by atoms with van der Waals surface area (Å²) < 4.78 is 0. The van der Waals surface area contributed by atoms with Crippen LogP contribution in [0.4, 0.5) is 11.6 Å². The molecular formula is C18H24N6OS. The Hall–Kier alpha value is -2.22. The van der Waals surface area contributed by atoms with Crippen molar-refractivity contribution < 1.29 is 4.79 Å². The van der Waals surface area contributed by atoms with Gasteiger partial charge in [0.15, 0.2) is 11.6 Å². The molecule has 7 nitrogen and oxygen atoms in total. The van der Waals surface area contributed by atoms with Crippen LogP contribution in [-0.4, -0.2) is 65.3 Å².